The molecule has 1 heterocycles. The number of hydrogen-bond donors (Lipinski definition) is 1. The van der Waals surface area contributed by atoms with E-state index in [1.807, 2.05) is 11.3 Å². The summed E-state index contributed by atoms with van der Waals surface area (Å²) >= 11 is 1.81. The van der Waals surface area contributed by atoms with Crippen LogP contribution < -0.4 is 5.73 Å². The molecule has 1 aromatic rings. The Balaban J connectivity index is 2.64. The fourth-order valence-corrected chi connectivity index (χ4v) is 2.29. The molecule has 0 aliphatic heterocycles. The maximum Gasteiger partial charge on any atom is 0.0394 e. The lowest BCUT2D eigenvalue weighted by Crippen LogP contribution is -2.17. The standard InChI is InChI=1S/C11H19NS/c1-8-5-6-10(13-8)9(12)7-11(2,3)4/h5-6,9H,7,12H2,1-4H3/t9-/m1/s1. The summed E-state index contributed by atoms with van der Waals surface area (Å²) in [7, 11) is 0. The zero-order chi connectivity index (χ0) is 10.1. The zero-order valence-corrected chi connectivity index (χ0v) is 9.74. The van der Waals surface area contributed by atoms with Gasteiger partial charge in [-0.3, -0.25) is 0 Å². The van der Waals surface area contributed by atoms with Crippen LogP contribution in [0.1, 0.15) is 43.0 Å². The number of thiophene rings is 1. The van der Waals surface area contributed by atoms with Crippen molar-refractivity contribution in [1.82, 2.24) is 0 Å². The van der Waals surface area contributed by atoms with Crippen LogP contribution in [-0.2, 0) is 0 Å². The minimum Gasteiger partial charge on any atom is -0.323 e. The predicted molar refractivity (Wildman–Crippen MR) is 60.1 cm³/mol. The van der Waals surface area contributed by atoms with Crippen LogP contribution in [0.3, 0.4) is 0 Å². The molecule has 0 radical (unpaired) electrons. The Bertz CT molecular complexity index is 270. The number of nitrogens with two attached hydrogens (primary N) is 1. The first-order valence-corrected chi connectivity index (χ1v) is 5.52. The first-order chi connectivity index (χ1) is 5.88. The van der Waals surface area contributed by atoms with E-state index >= 15 is 0 Å². The van der Waals surface area contributed by atoms with Crippen molar-refractivity contribution in [3.05, 3.63) is 21.9 Å². The van der Waals surface area contributed by atoms with Crippen molar-refractivity contribution in [3.8, 4) is 0 Å². The third kappa shape index (κ3) is 3.49. The van der Waals surface area contributed by atoms with Crippen LogP contribution in [0.4, 0.5) is 0 Å². The van der Waals surface area contributed by atoms with Gasteiger partial charge in [0, 0.05) is 15.8 Å². The van der Waals surface area contributed by atoms with Crippen LogP contribution >= 0.6 is 11.3 Å². The molecule has 0 spiro atoms. The first kappa shape index (κ1) is 10.7. The molecule has 0 aliphatic carbocycles. The molecule has 0 amide bonds. The van der Waals surface area contributed by atoms with E-state index in [1.165, 1.54) is 9.75 Å². The van der Waals surface area contributed by atoms with Gasteiger partial charge >= 0.3 is 0 Å². The van der Waals surface area contributed by atoms with Gasteiger partial charge in [-0.1, -0.05) is 20.8 Å². The van der Waals surface area contributed by atoms with Crippen molar-refractivity contribution in [1.29, 1.82) is 0 Å². The van der Waals surface area contributed by atoms with Crippen LogP contribution in [0.25, 0.3) is 0 Å². The molecule has 74 valence electrons. The molecule has 0 fully saturated rings. The largest absolute Gasteiger partial charge is 0.323 e. The molecule has 2 N–H and O–H groups in total. The van der Waals surface area contributed by atoms with E-state index in [2.05, 4.69) is 39.8 Å². The van der Waals surface area contributed by atoms with Gasteiger partial charge in [-0.05, 0) is 30.9 Å². The lowest BCUT2D eigenvalue weighted by Gasteiger charge is -2.22. The third-order valence-corrected chi connectivity index (χ3v) is 3.09. The van der Waals surface area contributed by atoms with E-state index in [4.69, 9.17) is 5.73 Å². The Hall–Kier alpha value is -0.340. The highest BCUT2D eigenvalue weighted by Gasteiger charge is 2.17. The molecule has 1 atom stereocenters. The van der Waals surface area contributed by atoms with Gasteiger partial charge in [0.2, 0.25) is 0 Å². The van der Waals surface area contributed by atoms with Crippen LogP contribution in [0.2, 0.25) is 0 Å². The van der Waals surface area contributed by atoms with E-state index in [0.29, 0.717) is 5.41 Å². The Morgan fingerprint density at radius 3 is 2.38 bits per heavy atom. The van der Waals surface area contributed by atoms with Gasteiger partial charge in [0.25, 0.3) is 0 Å². The number of aryl methyl sites for hydroxylation is 1. The summed E-state index contributed by atoms with van der Waals surface area (Å²) in [5.74, 6) is 0. The second-order valence-corrected chi connectivity index (χ2v) is 6.14. The second-order valence-electron chi connectivity index (χ2n) is 4.82. The molecule has 1 aromatic heterocycles. The van der Waals surface area contributed by atoms with Crippen molar-refractivity contribution in [2.24, 2.45) is 11.1 Å². The molecule has 0 saturated heterocycles. The first-order valence-electron chi connectivity index (χ1n) is 4.70. The molecule has 0 saturated carbocycles. The number of rotatable bonds is 2. The van der Waals surface area contributed by atoms with Crippen LogP contribution in [-0.4, -0.2) is 0 Å². The van der Waals surface area contributed by atoms with Gasteiger partial charge in [0.1, 0.15) is 0 Å². The highest BCUT2D eigenvalue weighted by atomic mass is 32.1. The molecule has 0 bridgehead atoms. The minimum atomic E-state index is 0.207. The van der Waals surface area contributed by atoms with Crippen molar-refractivity contribution >= 4 is 11.3 Å². The average Bonchev–Trinajstić information content (AvgIpc) is 2.31. The quantitative estimate of drug-likeness (QED) is 0.771. The van der Waals surface area contributed by atoms with E-state index in [1.54, 1.807) is 0 Å². The summed E-state index contributed by atoms with van der Waals surface area (Å²) in [4.78, 5) is 2.66. The molecular formula is C11H19NS. The molecule has 2 heteroatoms. The SMILES string of the molecule is Cc1ccc([C@H](N)CC(C)(C)C)s1. The third-order valence-electron chi connectivity index (χ3n) is 1.96. The highest BCUT2D eigenvalue weighted by Crippen LogP contribution is 2.30. The van der Waals surface area contributed by atoms with Gasteiger partial charge in [-0.25, -0.2) is 0 Å². The lowest BCUT2D eigenvalue weighted by atomic mass is 9.88. The van der Waals surface area contributed by atoms with Crippen molar-refractivity contribution in [2.75, 3.05) is 0 Å². The summed E-state index contributed by atoms with van der Waals surface area (Å²) in [6.07, 6.45) is 1.05. The summed E-state index contributed by atoms with van der Waals surface area (Å²) < 4.78 is 0. The molecule has 0 unspecified atom stereocenters. The van der Waals surface area contributed by atoms with Crippen molar-refractivity contribution in [3.63, 3.8) is 0 Å². The molecule has 0 aromatic carbocycles. The smallest absolute Gasteiger partial charge is 0.0394 e. The highest BCUT2D eigenvalue weighted by molar-refractivity contribution is 7.12. The van der Waals surface area contributed by atoms with Crippen LogP contribution in [0.5, 0.6) is 0 Å². The van der Waals surface area contributed by atoms with Gasteiger partial charge in [-0.2, -0.15) is 0 Å². The Labute approximate surface area is 85.0 Å². The normalized spacial score (nSPS) is 14.5. The Morgan fingerprint density at radius 2 is 2.00 bits per heavy atom. The Morgan fingerprint density at radius 1 is 1.38 bits per heavy atom. The average molecular weight is 197 g/mol. The topological polar surface area (TPSA) is 26.0 Å². The van der Waals surface area contributed by atoms with E-state index < -0.39 is 0 Å². The maximum atomic E-state index is 6.10. The molecule has 13 heavy (non-hydrogen) atoms. The van der Waals surface area contributed by atoms with Crippen LogP contribution in [0.15, 0.2) is 12.1 Å². The Kier molecular flexibility index (Phi) is 3.14. The monoisotopic (exact) mass is 197 g/mol. The van der Waals surface area contributed by atoms with Gasteiger partial charge < -0.3 is 5.73 Å². The van der Waals surface area contributed by atoms with Gasteiger partial charge in [-0.15, -0.1) is 11.3 Å². The van der Waals surface area contributed by atoms with E-state index in [-0.39, 0.29) is 6.04 Å². The fourth-order valence-electron chi connectivity index (χ4n) is 1.41. The van der Waals surface area contributed by atoms with Crippen molar-refractivity contribution in [2.45, 2.75) is 40.2 Å². The van der Waals surface area contributed by atoms with Crippen molar-refractivity contribution < 1.29 is 0 Å². The van der Waals surface area contributed by atoms with Gasteiger partial charge in [0.15, 0.2) is 0 Å². The summed E-state index contributed by atoms with van der Waals surface area (Å²) in [6.45, 7) is 8.81. The summed E-state index contributed by atoms with van der Waals surface area (Å²) in [5, 5.41) is 0. The zero-order valence-electron chi connectivity index (χ0n) is 8.92. The fraction of sp³-hybridized carbons (Fsp3) is 0.636. The lowest BCUT2D eigenvalue weighted by molar-refractivity contribution is 0.345. The molecular weight excluding hydrogens is 178 g/mol. The second kappa shape index (κ2) is 3.81. The van der Waals surface area contributed by atoms with E-state index in [0.717, 1.165) is 6.42 Å². The molecule has 1 rings (SSSR count). The van der Waals surface area contributed by atoms with Gasteiger partial charge in [0.05, 0.1) is 0 Å². The van der Waals surface area contributed by atoms with E-state index in [9.17, 15) is 0 Å². The molecule has 1 nitrogen and oxygen atoms in total. The summed E-state index contributed by atoms with van der Waals surface area (Å²) in [5.41, 5.74) is 6.42. The minimum absolute atomic E-state index is 0.207. The molecule has 0 aliphatic rings. The number of hydrogen-bond acceptors (Lipinski definition) is 2. The maximum absolute atomic E-state index is 6.10. The predicted octanol–water partition coefficient (Wildman–Crippen LogP) is 3.49. The summed E-state index contributed by atoms with van der Waals surface area (Å²) in [6, 6.07) is 4.50. The van der Waals surface area contributed by atoms with Crippen LogP contribution in [0, 0.1) is 12.3 Å².